The molecule has 0 N–H and O–H groups in total. The van der Waals surface area contributed by atoms with Crippen molar-refractivity contribution in [3.8, 4) is 11.3 Å². The maximum Gasteiger partial charge on any atom is 0.258 e. The fourth-order valence-corrected chi connectivity index (χ4v) is 4.85. The van der Waals surface area contributed by atoms with Gasteiger partial charge in [-0.1, -0.05) is 36.4 Å². The number of thioether (sulfide) groups is 1. The van der Waals surface area contributed by atoms with Crippen molar-refractivity contribution in [2.75, 3.05) is 29.5 Å². The average Bonchev–Trinajstić information content (AvgIpc) is 3.24. The first kappa shape index (κ1) is 19.1. The van der Waals surface area contributed by atoms with E-state index in [1.165, 1.54) is 6.07 Å². The van der Waals surface area contributed by atoms with E-state index in [1.54, 1.807) is 29.3 Å². The zero-order valence-corrected chi connectivity index (χ0v) is 17.2. The van der Waals surface area contributed by atoms with Gasteiger partial charge in [0.1, 0.15) is 5.82 Å². The van der Waals surface area contributed by atoms with Gasteiger partial charge >= 0.3 is 0 Å². The summed E-state index contributed by atoms with van der Waals surface area (Å²) in [4.78, 5) is 26.5. The number of halogens is 1. The van der Waals surface area contributed by atoms with Crippen molar-refractivity contribution in [3.63, 3.8) is 0 Å². The van der Waals surface area contributed by atoms with Crippen LogP contribution in [0.25, 0.3) is 11.3 Å². The Morgan fingerprint density at radius 2 is 1.63 bits per heavy atom. The Kier molecular flexibility index (Phi) is 5.12. The molecule has 5 rings (SSSR count). The molecule has 0 unspecified atom stereocenters. The summed E-state index contributed by atoms with van der Waals surface area (Å²) in [6.07, 6.45) is 1.57. The van der Waals surface area contributed by atoms with Crippen molar-refractivity contribution < 1.29 is 9.18 Å². The number of rotatable bonds is 3. The van der Waals surface area contributed by atoms with Crippen molar-refractivity contribution in [3.05, 3.63) is 77.2 Å². The summed E-state index contributed by atoms with van der Waals surface area (Å²) in [6, 6.07) is 14.5. The van der Waals surface area contributed by atoms with Gasteiger partial charge in [-0.3, -0.25) is 4.79 Å². The summed E-state index contributed by atoms with van der Waals surface area (Å²) in [5.41, 5.74) is 3.30. The van der Waals surface area contributed by atoms with E-state index in [4.69, 9.17) is 0 Å². The molecule has 0 bridgehead atoms. The molecule has 1 saturated heterocycles. The van der Waals surface area contributed by atoms with Crippen LogP contribution >= 0.6 is 11.8 Å². The van der Waals surface area contributed by atoms with Gasteiger partial charge in [0, 0.05) is 49.4 Å². The minimum atomic E-state index is -0.393. The van der Waals surface area contributed by atoms with Crippen LogP contribution in [0.1, 0.15) is 21.5 Å². The summed E-state index contributed by atoms with van der Waals surface area (Å²) in [5, 5.41) is 0. The molecule has 1 fully saturated rings. The third-order valence-electron chi connectivity index (χ3n) is 5.56. The van der Waals surface area contributed by atoms with Crippen LogP contribution in [0.3, 0.4) is 0 Å². The molecule has 5 nitrogen and oxygen atoms in total. The molecule has 1 aromatic heterocycles. The molecular weight excluding hydrogens is 399 g/mol. The van der Waals surface area contributed by atoms with Crippen LogP contribution in [0, 0.1) is 5.82 Å². The molecular formula is C23H21FN4OS. The lowest BCUT2D eigenvalue weighted by Gasteiger charge is -2.27. The number of amides is 1. The lowest BCUT2D eigenvalue weighted by Crippen LogP contribution is -2.34. The summed E-state index contributed by atoms with van der Waals surface area (Å²) < 4.78 is 14.7. The molecule has 3 heterocycles. The number of fused-ring (bicyclic) bond motifs is 1. The highest BCUT2D eigenvalue weighted by Crippen LogP contribution is 2.30. The van der Waals surface area contributed by atoms with Gasteiger partial charge in [-0.15, -0.1) is 0 Å². The van der Waals surface area contributed by atoms with Gasteiger partial charge in [-0.2, -0.15) is 11.8 Å². The standard InChI is InChI=1S/C23H21FN4OS/c24-20-8-4-3-7-18(20)21-19(13-25-23(26-21)27-9-11-30-12-10-27)22(29)28-14-16-5-1-2-6-17(16)15-28/h1-8,13H,9-12,14-15H2. The van der Waals surface area contributed by atoms with E-state index >= 15 is 0 Å². The number of anilines is 1. The number of carbonyl (C=O) groups excluding carboxylic acids is 1. The predicted molar refractivity (Wildman–Crippen MR) is 117 cm³/mol. The van der Waals surface area contributed by atoms with Crippen LogP contribution in [-0.2, 0) is 13.1 Å². The Morgan fingerprint density at radius 3 is 2.33 bits per heavy atom. The number of benzene rings is 2. The molecule has 7 heteroatoms. The van der Waals surface area contributed by atoms with Gasteiger partial charge < -0.3 is 9.80 Å². The monoisotopic (exact) mass is 420 g/mol. The van der Waals surface area contributed by atoms with Crippen LogP contribution in [0.5, 0.6) is 0 Å². The third kappa shape index (κ3) is 3.54. The molecule has 0 aliphatic carbocycles. The molecule has 1 amide bonds. The van der Waals surface area contributed by atoms with E-state index in [0.717, 1.165) is 35.7 Å². The molecule has 152 valence electrons. The van der Waals surface area contributed by atoms with E-state index in [2.05, 4.69) is 14.9 Å². The Hall–Kier alpha value is -2.93. The summed E-state index contributed by atoms with van der Waals surface area (Å²) in [6.45, 7) is 2.76. The van der Waals surface area contributed by atoms with Gasteiger partial charge in [0.05, 0.1) is 11.3 Å². The van der Waals surface area contributed by atoms with Crippen LogP contribution in [0.4, 0.5) is 10.3 Å². The molecule has 30 heavy (non-hydrogen) atoms. The quantitative estimate of drug-likeness (QED) is 0.641. The van der Waals surface area contributed by atoms with Crippen LogP contribution in [0.15, 0.2) is 54.7 Å². The van der Waals surface area contributed by atoms with Gasteiger partial charge in [0.2, 0.25) is 5.95 Å². The average molecular weight is 421 g/mol. The number of carbonyl (C=O) groups is 1. The maximum absolute atomic E-state index is 14.7. The second-order valence-corrected chi connectivity index (χ2v) is 8.67. The first-order chi connectivity index (χ1) is 14.7. The lowest BCUT2D eigenvalue weighted by atomic mass is 10.1. The molecule has 2 aliphatic heterocycles. The van der Waals surface area contributed by atoms with E-state index in [9.17, 15) is 9.18 Å². The summed E-state index contributed by atoms with van der Waals surface area (Å²) in [5.74, 6) is 1.99. The summed E-state index contributed by atoms with van der Waals surface area (Å²) in [7, 11) is 0. The van der Waals surface area contributed by atoms with E-state index in [0.29, 0.717) is 35.9 Å². The molecule has 2 aromatic carbocycles. The van der Waals surface area contributed by atoms with E-state index < -0.39 is 5.82 Å². The second kappa shape index (κ2) is 8.07. The Bertz CT molecular complexity index is 1080. The summed E-state index contributed by atoms with van der Waals surface area (Å²) >= 11 is 1.90. The highest BCUT2D eigenvalue weighted by molar-refractivity contribution is 7.99. The first-order valence-corrected chi connectivity index (χ1v) is 11.2. The minimum Gasteiger partial charge on any atom is -0.339 e. The fraction of sp³-hybridized carbons (Fsp3) is 0.261. The van der Waals surface area contributed by atoms with Crippen molar-refractivity contribution in [1.82, 2.24) is 14.9 Å². The molecule has 2 aliphatic rings. The number of hydrogen-bond acceptors (Lipinski definition) is 5. The largest absolute Gasteiger partial charge is 0.339 e. The van der Waals surface area contributed by atoms with Crippen molar-refractivity contribution in [1.29, 1.82) is 0 Å². The highest BCUT2D eigenvalue weighted by atomic mass is 32.2. The third-order valence-corrected chi connectivity index (χ3v) is 6.50. The maximum atomic E-state index is 14.7. The molecule has 0 radical (unpaired) electrons. The van der Waals surface area contributed by atoms with Crippen molar-refractivity contribution in [2.45, 2.75) is 13.1 Å². The van der Waals surface area contributed by atoms with Crippen LogP contribution < -0.4 is 4.90 Å². The van der Waals surface area contributed by atoms with Gasteiger partial charge in [0.15, 0.2) is 0 Å². The Labute approximate surface area is 178 Å². The topological polar surface area (TPSA) is 49.3 Å². The van der Waals surface area contributed by atoms with Crippen molar-refractivity contribution >= 4 is 23.6 Å². The number of hydrogen-bond donors (Lipinski definition) is 0. The normalized spacial score (nSPS) is 15.9. The zero-order chi connectivity index (χ0) is 20.5. The molecule has 0 atom stereocenters. The SMILES string of the molecule is O=C(c1cnc(N2CCSCC2)nc1-c1ccccc1F)N1Cc2ccccc2C1. The highest BCUT2D eigenvalue weighted by Gasteiger charge is 2.28. The molecule has 0 spiro atoms. The molecule has 3 aromatic rings. The zero-order valence-electron chi connectivity index (χ0n) is 16.4. The van der Waals surface area contributed by atoms with Gasteiger partial charge in [-0.05, 0) is 23.3 Å². The molecule has 0 saturated carbocycles. The van der Waals surface area contributed by atoms with Crippen LogP contribution in [-0.4, -0.2) is 45.4 Å². The van der Waals surface area contributed by atoms with E-state index in [1.807, 2.05) is 36.0 Å². The smallest absolute Gasteiger partial charge is 0.258 e. The minimum absolute atomic E-state index is 0.176. The predicted octanol–water partition coefficient (Wildman–Crippen LogP) is 3.99. The van der Waals surface area contributed by atoms with Gasteiger partial charge in [-0.25, -0.2) is 14.4 Å². The number of aromatic nitrogens is 2. The first-order valence-electron chi connectivity index (χ1n) is 10.0. The fourth-order valence-electron chi connectivity index (χ4n) is 3.95. The van der Waals surface area contributed by atoms with Gasteiger partial charge in [0.25, 0.3) is 5.91 Å². The second-order valence-electron chi connectivity index (χ2n) is 7.44. The van der Waals surface area contributed by atoms with Crippen molar-refractivity contribution in [2.24, 2.45) is 0 Å². The number of nitrogens with zero attached hydrogens (tertiary/aromatic N) is 4. The Balaban J connectivity index is 1.54. The van der Waals surface area contributed by atoms with E-state index in [-0.39, 0.29) is 5.91 Å². The van der Waals surface area contributed by atoms with Crippen LogP contribution in [0.2, 0.25) is 0 Å². The lowest BCUT2D eigenvalue weighted by molar-refractivity contribution is 0.0751. The Morgan fingerprint density at radius 1 is 0.967 bits per heavy atom.